The summed E-state index contributed by atoms with van der Waals surface area (Å²) in [6.07, 6.45) is 6.84. The highest BCUT2D eigenvalue weighted by molar-refractivity contribution is 6.83. The summed E-state index contributed by atoms with van der Waals surface area (Å²) >= 11 is 0. The molecule has 0 aliphatic carbocycles. The maximum Gasteiger partial charge on any atom is 0.158 e. The van der Waals surface area contributed by atoms with Crippen molar-refractivity contribution in [1.29, 1.82) is 0 Å². The molecule has 0 saturated carbocycles. The minimum atomic E-state index is -1.26. The van der Waals surface area contributed by atoms with Crippen LogP contribution in [0.3, 0.4) is 0 Å². The summed E-state index contributed by atoms with van der Waals surface area (Å²) in [5.41, 5.74) is 3.25. The first-order valence-electron chi connectivity index (χ1n) is 6.47. The third kappa shape index (κ3) is 8.14. The lowest BCUT2D eigenvalue weighted by atomic mass is 10.2. The van der Waals surface area contributed by atoms with Crippen molar-refractivity contribution in [2.24, 2.45) is 0 Å². The molecule has 1 fully saturated rings. The fraction of sp³-hybridized carbons (Fsp3) is 0.600. The van der Waals surface area contributed by atoms with Crippen LogP contribution in [0.15, 0.2) is 12.2 Å². The van der Waals surface area contributed by atoms with Crippen LogP contribution in [-0.2, 0) is 9.47 Å². The van der Waals surface area contributed by atoms with Gasteiger partial charge in [0.1, 0.15) is 14.7 Å². The van der Waals surface area contributed by atoms with Gasteiger partial charge in [-0.05, 0) is 31.4 Å². The lowest BCUT2D eigenvalue weighted by Crippen LogP contribution is -2.22. The Labute approximate surface area is 112 Å². The van der Waals surface area contributed by atoms with Gasteiger partial charge in [-0.2, -0.15) is 0 Å². The molecular formula is C15H22O2Si. The van der Waals surface area contributed by atoms with Crippen LogP contribution >= 0.6 is 0 Å². The van der Waals surface area contributed by atoms with Gasteiger partial charge in [0.25, 0.3) is 0 Å². The summed E-state index contributed by atoms with van der Waals surface area (Å²) in [6, 6.07) is 0. The standard InChI is InChI=1S/C15H22O2Si/c1-18(2,3)14-10-6-4-5-8-12-16-15-11-7-9-13-17-15/h4,6,15H,7,9,11-13H2,1-3H3/b6-4-. The van der Waals surface area contributed by atoms with E-state index in [1.54, 1.807) is 6.08 Å². The van der Waals surface area contributed by atoms with Gasteiger partial charge in [-0.1, -0.05) is 37.4 Å². The first kappa shape index (κ1) is 15.1. The Balaban J connectivity index is 2.17. The fourth-order valence-corrected chi connectivity index (χ4v) is 1.94. The summed E-state index contributed by atoms with van der Waals surface area (Å²) in [6.45, 7) is 7.90. The van der Waals surface area contributed by atoms with Crippen LogP contribution in [0.1, 0.15) is 19.3 Å². The minimum Gasteiger partial charge on any atom is -0.353 e. The van der Waals surface area contributed by atoms with Crippen LogP contribution in [0.5, 0.6) is 0 Å². The molecule has 1 rings (SSSR count). The smallest absolute Gasteiger partial charge is 0.158 e. The molecular weight excluding hydrogens is 240 g/mol. The monoisotopic (exact) mass is 262 g/mol. The average Bonchev–Trinajstić information content (AvgIpc) is 2.32. The summed E-state index contributed by atoms with van der Waals surface area (Å²) in [4.78, 5) is 0. The largest absolute Gasteiger partial charge is 0.353 e. The molecule has 0 spiro atoms. The molecule has 0 aromatic rings. The average molecular weight is 262 g/mol. The first-order valence-corrected chi connectivity index (χ1v) is 9.97. The Kier molecular flexibility index (Phi) is 6.83. The van der Waals surface area contributed by atoms with E-state index in [0.717, 1.165) is 19.4 Å². The summed E-state index contributed by atoms with van der Waals surface area (Å²) in [5, 5.41) is 0. The van der Waals surface area contributed by atoms with E-state index in [0.29, 0.717) is 6.61 Å². The van der Waals surface area contributed by atoms with Crippen molar-refractivity contribution in [3.63, 3.8) is 0 Å². The predicted molar refractivity (Wildman–Crippen MR) is 77.6 cm³/mol. The Morgan fingerprint density at radius 3 is 2.67 bits per heavy atom. The van der Waals surface area contributed by atoms with Gasteiger partial charge in [-0.15, -0.1) is 5.54 Å². The predicted octanol–water partition coefficient (Wildman–Crippen LogP) is 2.97. The van der Waals surface area contributed by atoms with Gasteiger partial charge in [0.15, 0.2) is 6.29 Å². The lowest BCUT2D eigenvalue weighted by Gasteiger charge is -2.21. The molecule has 1 aliphatic rings. The summed E-state index contributed by atoms with van der Waals surface area (Å²) < 4.78 is 10.9. The molecule has 98 valence electrons. The second-order valence-electron chi connectivity index (χ2n) is 5.28. The van der Waals surface area contributed by atoms with Crippen LogP contribution in [0.2, 0.25) is 19.6 Å². The van der Waals surface area contributed by atoms with E-state index in [4.69, 9.17) is 9.47 Å². The molecule has 0 bridgehead atoms. The first-order chi connectivity index (χ1) is 8.58. The van der Waals surface area contributed by atoms with Gasteiger partial charge in [-0.25, -0.2) is 0 Å². The zero-order chi connectivity index (χ0) is 13.3. The van der Waals surface area contributed by atoms with Crippen molar-refractivity contribution in [3.8, 4) is 23.3 Å². The van der Waals surface area contributed by atoms with Crippen molar-refractivity contribution < 1.29 is 9.47 Å². The van der Waals surface area contributed by atoms with Crippen molar-refractivity contribution in [2.45, 2.75) is 45.2 Å². The molecule has 0 radical (unpaired) electrons. The fourth-order valence-electron chi connectivity index (χ4n) is 1.42. The number of ether oxygens (including phenoxy) is 2. The van der Waals surface area contributed by atoms with E-state index >= 15 is 0 Å². The van der Waals surface area contributed by atoms with E-state index in [1.807, 2.05) is 6.08 Å². The van der Waals surface area contributed by atoms with Gasteiger partial charge < -0.3 is 9.47 Å². The molecule has 0 aromatic heterocycles. The number of allylic oxidation sites excluding steroid dienone is 2. The SMILES string of the molecule is C[Si](C)(C)C#C/C=C\C#CCOC1CCCCO1. The Bertz CT molecular complexity index is 379. The molecule has 1 heterocycles. The molecule has 3 heteroatoms. The third-order valence-electron chi connectivity index (χ3n) is 2.28. The normalized spacial score (nSPS) is 19.8. The van der Waals surface area contributed by atoms with E-state index in [2.05, 4.69) is 42.9 Å². The Morgan fingerprint density at radius 2 is 2.00 bits per heavy atom. The maximum absolute atomic E-state index is 5.48. The summed E-state index contributed by atoms with van der Waals surface area (Å²) in [5.74, 6) is 8.88. The second-order valence-corrected chi connectivity index (χ2v) is 10.0. The zero-order valence-corrected chi connectivity index (χ0v) is 12.6. The molecule has 1 aliphatic heterocycles. The van der Waals surface area contributed by atoms with Crippen LogP contribution in [0.25, 0.3) is 0 Å². The van der Waals surface area contributed by atoms with Gasteiger partial charge >= 0.3 is 0 Å². The molecule has 1 atom stereocenters. The van der Waals surface area contributed by atoms with E-state index in [1.165, 1.54) is 6.42 Å². The van der Waals surface area contributed by atoms with Crippen LogP contribution in [0.4, 0.5) is 0 Å². The van der Waals surface area contributed by atoms with Crippen molar-refractivity contribution >= 4 is 8.07 Å². The molecule has 2 nitrogen and oxygen atoms in total. The van der Waals surface area contributed by atoms with Crippen molar-refractivity contribution in [3.05, 3.63) is 12.2 Å². The molecule has 0 aromatic carbocycles. The van der Waals surface area contributed by atoms with Gasteiger partial charge in [0.2, 0.25) is 0 Å². The van der Waals surface area contributed by atoms with Gasteiger partial charge in [0, 0.05) is 6.61 Å². The minimum absolute atomic E-state index is 0.0521. The molecule has 0 N–H and O–H groups in total. The van der Waals surface area contributed by atoms with Crippen LogP contribution in [0, 0.1) is 23.3 Å². The Morgan fingerprint density at radius 1 is 1.22 bits per heavy atom. The molecule has 0 amide bonds. The highest BCUT2D eigenvalue weighted by Crippen LogP contribution is 2.12. The number of rotatable bonds is 2. The summed E-state index contributed by atoms with van der Waals surface area (Å²) in [7, 11) is -1.26. The highest BCUT2D eigenvalue weighted by Gasteiger charge is 2.12. The maximum atomic E-state index is 5.48. The molecule has 1 unspecified atom stereocenters. The number of hydrogen-bond donors (Lipinski definition) is 0. The van der Waals surface area contributed by atoms with Crippen LogP contribution < -0.4 is 0 Å². The molecule has 18 heavy (non-hydrogen) atoms. The number of hydrogen-bond acceptors (Lipinski definition) is 2. The van der Waals surface area contributed by atoms with E-state index in [-0.39, 0.29) is 6.29 Å². The van der Waals surface area contributed by atoms with Gasteiger partial charge in [-0.3, -0.25) is 0 Å². The lowest BCUT2D eigenvalue weighted by molar-refractivity contribution is -0.154. The topological polar surface area (TPSA) is 18.5 Å². The van der Waals surface area contributed by atoms with E-state index in [9.17, 15) is 0 Å². The second kappa shape index (κ2) is 8.16. The van der Waals surface area contributed by atoms with Crippen molar-refractivity contribution in [1.82, 2.24) is 0 Å². The molecule has 1 saturated heterocycles. The van der Waals surface area contributed by atoms with E-state index < -0.39 is 8.07 Å². The zero-order valence-electron chi connectivity index (χ0n) is 11.6. The van der Waals surface area contributed by atoms with Crippen molar-refractivity contribution in [2.75, 3.05) is 13.2 Å². The highest BCUT2D eigenvalue weighted by atomic mass is 28.3. The third-order valence-corrected chi connectivity index (χ3v) is 3.17. The quantitative estimate of drug-likeness (QED) is 0.563. The Hall–Kier alpha value is -1.00. The van der Waals surface area contributed by atoms with Gasteiger partial charge in [0.05, 0.1) is 0 Å². The van der Waals surface area contributed by atoms with Crippen LogP contribution in [-0.4, -0.2) is 27.6 Å².